The van der Waals surface area contributed by atoms with E-state index in [2.05, 4.69) is 11.9 Å². The molecule has 0 atom stereocenters. The van der Waals surface area contributed by atoms with Crippen molar-refractivity contribution < 1.29 is 19.1 Å². The van der Waals surface area contributed by atoms with Gasteiger partial charge in [0.15, 0.2) is 0 Å². The van der Waals surface area contributed by atoms with E-state index in [1.54, 1.807) is 21.9 Å². The highest BCUT2D eigenvalue weighted by atomic mass is 16.5. The summed E-state index contributed by atoms with van der Waals surface area (Å²) in [6.45, 7) is 3.78. The first kappa shape index (κ1) is 23.2. The van der Waals surface area contributed by atoms with Crippen LogP contribution >= 0.6 is 0 Å². The van der Waals surface area contributed by atoms with Crippen LogP contribution in [0.3, 0.4) is 0 Å². The molecule has 1 aromatic heterocycles. The van der Waals surface area contributed by atoms with Crippen LogP contribution < -0.4 is 10.5 Å². The minimum atomic E-state index is -0.692. The number of benzene rings is 2. The molecule has 176 valence electrons. The van der Waals surface area contributed by atoms with Gasteiger partial charge in [-0.15, -0.1) is 0 Å². The number of primary amides is 1. The Morgan fingerprint density at radius 3 is 2.24 bits per heavy atom. The molecular weight excluding hydrogens is 432 g/mol. The summed E-state index contributed by atoms with van der Waals surface area (Å²) in [6, 6.07) is 14.9. The van der Waals surface area contributed by atoms with E-state index in [1.807, 2.05) is 36.4 Å². The maximum Gasteiger partial charge on any atom is 0.254 e. The molecule has 1 aliphatic rings. The second kappa shape index (κ2) is 9.91. The number of fused-ring (bicyclic) bond motifs is 1. The summed E-state index contributed by atoms with van der Waals surface area (Å²) in [5.41, 5.74) is 8.50. The van der Waals surface area contributed by atoms with E-state index < -0.39 is 5.91 Å². The Hall–Kier alpha value is -3.94. The van der Waals surface area contributed by atoms with Gasteiger partial charge in [0.05, 0.1) is 24.7 Å². The van der Waals surface area contributed by atoms with Crippen molar-refractivity contribution in [2.75, 3.05) is 33.3 Å². The third-order valence-corrected chi connectivity index (χ3v) is 6.22. The Morgan fingerprint density at radius 2 is 1.62 bits per heavy atom. The van der Waals surface area contributed by atoms with Crippen molar-refractivity contribution in [3.05, 3.63) is 70.9 Å². The molecule has 8 nitrogen and oxygen atoms in total. The number of ether oxygens (including phenoxy) is 1. The minimum Gasteiger partial charge on any atom is -0.495 e. The Labute approximate surface area is 198 Å². The van der Waals surface area contributed by atoms with Gasteiger partial charge in [-0.05, 0) is 36.2 Å². The number of carbonyl (C=O) groups is 3. The van der Waals surface area contributed by atoms with Crippen LogP contribution in [0, 0.1) is 0 Å². The Kier molecular flexibility index (Phi) is 6.77. The predicted octanol–water partition coefficient (Wildman–Crippen LogP) is 2.43. The van der Waals surface area contributed by atoms with Crippen molar-refractivity contribution in [3.8, 4) is 5.75 Å². The molecular formula is C26H28N4O4. The van der Waals surface area contributed by atoms with Crippen molar-refractivity contribution in [3.63, 3.8) is 0 Å². The summed E-state index contributed by atoms with van der Waals surface area (Å²) < 4.78 is 5.47. The highest BCUT2D eigenvalue weighted by Crippen LogP contribution is 2.31. The number of pyridine rings is 1. The van der Waals surface area contributed by atoms with Crippen LogP contribution in [0.1, 0.15) is 38.9 Å². The number of carbonyl (C=O) groups excluding carboxylic acids is 3. The molecule has 0 aliphatic carbocycles. The zero-order valence-corrected chi connectivity index (χ0v) is 19.4. The molecule has 34 heavy (non-hydrogen) atoms. The lowest BCUT2D eigenvalue weighted by Crippen LogP contribution is -2.51. The number of nitrogens with zero attached hydrogens (tertiary/aromatic N) is 3. The fourth-order valence-electron chi connectivity index (χ4n) is 4.30. The monoisotopic (exact) mass is 460 g/mol. The molecule has 1 fully saturated rings. The number of hydrogen-bond donors (Lipinski definition) is 1. The first-order valence-corrected chi connectivity index (χ1v) is 11.3. The molecule has 0 radical (unpaired) electrons. The number of amides is 3. The number of hydrogen-bond acceptors (Lipinski definition) is 5. The third kappa shape index (κ3) is 4.57. The summed E-state index contributed by atoms with van der Waals surface area (Å²) >= 11 is 0. The van der Waals surface area contributed by atoms with Gasteiger partial charge in [0.25, 0.3) is 11.8 Å². The lowest BCUT2D eigenvalue weighted by molar-refractivity contribution is -0.132. The summed E-state index contributed by atoms with van der Waals surface area (Å²) in [5, 5.41) is 0.661. The summed E-state index contributed by atoms with van der Waals surface area (Å²) in [7, 11) is 1.46. The van der Waals surface area contributed by atoms with E-state index in [-0.39, 0.29) is 23.8 Å². The van der Waals surface area contributed by atoms with Gasteiger partial charge in [-0.25, -0.2) is 0 Å². The van der Waals surface area contributed by atoms with Gasteiger partial charge in [-0.2, -0.15) is 0 Å². The van der Waals surface area contributed by atoms with Gasteiger partial charge in [0.1, 0.15) is 11.3 Å². The van der Waals surface area contributed by atoms with Gasteiger partial charge < -0.3 is 20.3 Å². The number of piperazine rings is 1. The number of rotatable bonds is 6. The standard InChI is InChI=1S/C26H28N4O4/c1-3-17-8-10-18(11-9-17)26(33)30-14-12-29(13-15-30)22(31)16-21-23(25(27)32)24(34-2)19-6-4-5-7-20(19)28-21/h4-11H,3,12-16H2,1-2H3,(H2,27,32). The van der Waals surface area contributed by atoms with Gasteiger partial charge in [-0.3, -0.25) is 19.4 Å². The molecule has 2 heterocycles. The minimum absolute atomic E-state index is 0.0355. The van der Waals surface area contributed by atoms with Crippen molar-refractivity contribution >= 4 is 28.6 Å². The quantitative estimate of drug-likeness (QED) is 0.608. The number of aryl methyl sites for hydroxylation is 1. The van der Waals surface area contributed by atoms with Crippen molar-refractivity contribution in [2.24, 2.45) is 5.73 Å². The third-order valence-electron chi connectivity index (χ3n) is 6.22. The zero-order valence-electron chi connectivity index (χ0n) is 19.4. The lowest BCUT2D eigenvalue weighted by Gasteiger charge is -2.35. The predicted molar refractivity (Wildman–Crippen MR) is 129 cm³/mol. The van der Waals surface area contributed by atoms with Gasteiger partial charge >= 0.3 is 0 Å². The van der Waals surface area contributed by atoms with E-state index in [0.717, 1.165) is 6.42 Å². The topological polar surface area (TPSA) is 106 Å². The summed E-state index contributed by atoms with van der Waals surface area (Å²) in [4.78, 5) is 46.1. The molecule has 3 aromatic rings. The molecule has 2 N–H and O–H groups in total. The van der Waals surface area contributed by atoms with E-state index in [1.165, 1.54) is 12.7 Å². The van der Waals surface area contributed by atoms with Crippen molar-refractivity contribution in [2.45, 2.75) is 19.8 Å². The molecule has 8 heteroatoms. The Bertz CT molecular complexity index is 1230. The van der Waals surface area contributed by atoms with E-state index in [0.29, 0.717) is 54.1 Å². The average Bonchev–Trinajstić information content (AvgIpc) is 2.87. The normalized spacial score (nSPS) is 13.7. The highest BCUT2D eigenvalue weighted by Gasteiger charge is 2.27. The molecule has 4 rings (SSSR count). The largest absolute Gasteiger partial charge is 0.495 e. The molecule has 0 bridgehead atoms. The molecule has 0 spiro atoms. The van der Waals surface area contributed by atoms with Gasteiger partial charge in [-0.1, -0.05) is 31.2 Å². The Balaban J connectivity index is 1.47. The number of nitrogens with two attached hydrogens (primary N) is 1. The van der Waals surface area contributed by atoms with E-state index >= 15 is 0 Å². The molecule has 3 amide bonds. The van der Waals surface area contributed by atoms with Crippen LogP contribution in [0.4, 0.5) is 0 Å². The fraction of sp³-hybridized carbons (Fsp3) is 0.308. The van der Waals surface area contributed by atoms with E-state index in [9.17, 15) is 14.4 Å². The van der Waals surface area contributed by atoms with Gasteiger partial charge in [0, 0.05) is 37.1 Å². The van der Waals surface area contributed by atoms with Gasteiger partial charge in [0.2, 0.25) is 5.91 Å². The fourth-order valence-corrected chi connectivity index (χ4v) is 4.30. The maximum atomic E-state index is 13.1. The smallest absolute Gasteiger partial charge is 0.254 e. The second-order valence-electron chi connectivity index (χ2n) is 8.25. The first-order chi connectivity index (χ1) is 16.4. The molecule has 1 saturated heterocycles. The van der Waals surface area contributed by atoms with Crippen LogP contribution in [0.2, 0.25) is 0 Å². The zero-order chi connectivity index (χ0) is 24.2. The second-order valence-corrected chi connectivity index (χ2v) is 8.25. The van der Waals surface area contributed by atoms with Crippen LogP contribution in [-0.2, 0) is 17.6 Å². The van der Waals surface area contributed by atoms with Crippen LogP contribution in [0.25, 0.3) is 10.9 Å². The van der Waals surface area contributed by atoms with E-state index in [4.69, 9.17) is 10.5 Å². The number of aromatic nitrogens is 1. The first-order valence-electron chi connectivity index (χ1n) is 11.3. The number of methoxy groups -OCH3 is 1. The number of para-hydroxylation sites is 1. The maximum absolute atomic E-state index is 13.1. The van der Waals surface area contributed by atoms with Crippen LogP contribution in [-0.4, -0.2) is 65.8 Å². The highest BCUT2D eigenvalue weighted by molar-refractivity contribution is 6.04. The molecule has 2 aromatic carbocycles. The van der Waals surface area contributed by atoms with Crippen molar-refractivity contribution in [1.82, 2.24) is 14.8 Å². The summed E-state index contributed by atoms with van der Waals surface area (Å²) in [5.74, 6) is -0.578. The molecule has 1 aliphatic heterocycles. The van der Waals surface area contributed by atoms with Crippen LogP contribution in [0.15, 0.2) is 48.5 Å². The molecule has 0 unspecified atom stereocenters. The van der Waals surface area contributed by atoms with Crippen LogP contribution in [0.5, 0.6) is 5.75 Å². The lowest BCUT2D eigenvalue weighted by atomic mass is 10.0. The Morgan fingerprint density at radius 1 is 0.971 bits per heavy atom. The average molecular weight is 461 g/mol. The van der Waals surface area contributed by atoms with Crippen molar-refractivity contribution in [1.29, 1.82) is 0 Å². The molecule has 0 saturated carbocycles. The summed E-state index contributed by atoms with van der Waals surface area (Å²) in [6.07, 6.45) is 0.844. The SMILES string of the molecule is CCc1ccc(C(=O)N2CCN(C(=O)Cc3nc4ccccc4c(OC)c3C(N)=O)CC2)cc1.